The third kappa shape index (κ3) is 2.61. The summed E-state index contributed by atoms with van der Waals surface area (Å²) in [5.41, 5.74) is 1.88. The number of likely N-dealkylation sites (tertiary alicyclic amines) is 1. The highest BCUT2D eigenvalue weighted by molar-refractivity contribution is 5.82. The van der Waals surface area contributed by atoms with E-state index in [1.54, 1.807) is 13.4 Å². The zero-order valence-corrected chi connectivity index (χ0v) is 11.8. The molecule has 110 valence electrons. The molecule has 0 aliphatic carbocycles. The molecular weight excluding hydrogens is 270 g/mol. The molecule has 1 N–H and O–H groups in total. The van der Waals surface area contributed by atoms with E-state index in [0.717, 1.165) is 35.2 Å². The van der Waals surface area contributed by atoms with Crippen molar-refractivity contribution in [2.24, 2.45) is 0 Å². The van der Waals surface area contributed by atoms with E-state index in [1.165, 1.54) is 4.90 Å². The van der Waals surface area contributed by atoms with Crippen molar-refractivity contribution >= 4 is 17.0 Å². The molecule has 0 unspecified atom stereocenters. The quantitative estimate of drug-likeness (QED) is 0.918. The minimum Gasteiger partial charge on any atom is -0.497 e. The average Bonchev–Trinajstić information content (AvgIpc) is 2.54. The standard InChI is InChI=1S/C15H17N3O3/c1-21-11-2-3-13-12(8-11)14(17-9-16-13)10-4-6-18(7-5-10)15(19)20/h2-3,8-10H,4-7H2,1H3,(H,19,20). The fourth-order valence-electron chi connectivity index (χ4n) is 2.85. The van der Waals surface area contributed by atoms with E-state index >= 15 is 0 Å². The van der Waals surface area contributed by atoms with Crippen LogP contribution >= 0.6 is 0 Å². The molecule has 21 heavy (non-hydrogen) atoms. The van der Waals surface area contributed by atoms with Crippen molar-refractivity contribution in [2.75, 3.05) is 20.2 Å². The number of methoxy groups -OCH3 is 1. The lowest BCUT2D eigenvalue weighted by Gasteiger charge is -2.30. The molecule has 0 saturated carbocycles. The topological polar surface area (TPSA) is 75.6 Å². The Kier molecular flexibility index (Phi) is 3.60. The highest BCUT2D eigenvalue weighted by Gasteiger charge is 2.25. The van der Waals surface area contributed by atoms with Gasteiger partial charge in [0, 0.05) is 24.4 Å². The van der Waals surface area contributed by atoms with E-state index in [-0.39, 0.29) is 5.92 Å². The van der Waals surface area contributed by atoms with E-state index in [9.17, 15) is 4.79 Å². The van der Waals surface area contributed by atoms with Crippen LogP contribution in [-0.4, -0.2) is 46.3 Å². The zero-order chi connectivity index (χ0) is 14.8. The molecule has 1 aliphatic rings. The van der Waals surface area contributed by atoms with Crippen LogP contribution in [0.5, 0.6) is 5.75 Å². The molecule has 6 nitrogen and oxygen atoms in total. The summed E-state index contributed by atoms with van der Waals surface area (Å²) in [5.74, 6) is 1.04. The van der Waals surface area contributed by atoms with Crippen molar-refractivity contribution in [1.29, 1.82) is 0 Å². The molecule has 1 aliphatic heterocycles. The second-order valence-electron chi connectivity index (χ2n) is 5.19. The Morgan fingerprint density at radius 3 is 2.76 bits per heavy atom. The van der Waals surface area contributed by atoms with Crippen molar-refractivity contribution in [1.82, 2.24) is 14.9 Å². The third-order valence-electron chi connectivity index (χ3n) is 4.03. The molecule has 1 aromatic carbocycles. The number of nitrogens with zero attached hydrogens (tertiary/aromatic N) is 3. The molecular formula is C15H17N3O3. The molecule has 1 amide bonds. The number of hydrogen-bond acceptors (Lipinski definition) is 4. The van der Waals surface area contributed by atoms with Gasteiger partial charge in [0.1, 0.15) is 12.1 Å². The van der Waals surface area contributed by atoms with Crippen molar-refractivity contribution in [2.45, 2.75) is 18.8 Å². The van der Waals surface area contributed by atoms with Gasteiger partial charge in [0.2, 0.25) is 0 Å². The van der Waals surface area contributed by atoms with Crippen LogP contribution in [0.4, 0.5) is 4.79 Å². The summed E-state index contributed by atoms with van der Waals surface area (Å²) >= 11 is 0. The largest absolute Gasteiger partial charge is 0.497 e. The smallest absolute Gasteiger partial charge is 0.407 e. The van der Waals surface area contributed by atoms with Gasteiger partial charge in [-0.3, -0.25) is 0 Å². The number of ether oxygens (including phenoxy) is 1. The highest BCUT2D eigenvalue weighted by Crippen LogP contribution is 2.32. The molecule has 0 spiro atoms. The highest BCUT2D eigenvalue weighted by atomic mass is 16.5. The lowest BCUT2D eigenvalue weighted by molar-refractivity contribution is 0.132. The van der Waals surface area contributed by atoms with Gasteiger partial charge in [-0.1, -0.05) is 0 Å². The average molecular weight is 287 g/mol. The van der Waals surface area contributed by atoms with Crippen molar-refractivity contribution in [3.8, 4) is 5.75 Å². The maximum atomic E-state index is 11.0. The summed E-state index contributed by atoms with van der Waals surface area (Å²) in [6, 6.07) is 5.76. The predicted molar refractivity (Wildman–Crippen MR) is 77.7 cm³/mol. The maximum absolute atomic E-state index is 11.0. The number of rotatable bonds is 2. The number of amides is 1. The monoisotopic (exact) mass is 287 g/mol. The SMILES string of the molecule is COc1ccc2ncnc(C3CCN(C(=O)O)CC3)c2c1. The van der Waals surface area contributed by atoms with Gasteiger partial charge in [0.15, 0.2) is 0 Å². The third-order valence-corrected chi connectivity index (χ3v) is 4.03. The van der Waals surface area contributed by atoms with E-state index in [1.807, 2.05) is 18.2 Å². The number of carbonyl (C=O) groups is 1. The summed E-state index contributed by atoms with van der Waals surface area (Å²) in [6.07, 6.45) is 2.31. The minimum absolute atomic E-state index is 0.262. The number of fused-ring (bicyclic) bond motifs is 1. The minimum atomic E-state index is -0.845. The van der Waals surface area contributed by atoms with Crippen molar-refractivity contribution < 1.29 is 14.6 Å². The van der Waals surface area contributed by atoms with Crippen LogP contribution in [-0.2, 0) is 0 Å². The van der Waals surface area contributed by atoms with Crippen molar-refractivity contribution in [3.63, 3.8) is 0 Å². The molecule has 1 fully saturated rings. The summed E-state index contributed by atoms with van der Waals surface area (Å²) in [7, 11) is 1.63. The Morgan fingerprint density at radius 2 is 2.10 bits per heavy atom. The van der Waals surface area contributed by atoms with Gasteiger partial charge >= 0.3 is 6.09 Å². The van der Waals surface area contributed by atoms with Crippen LogP contribution in [0.25, 0.3) is 10.9 Å². The number of piperidine rings is 1. The van der Waals surface area contributed by atoms with Gasteiger partial charge in [0.05, 0.1) is 18.3 Å². The molecule has 0 radical (unpaired) electrons. The number of aromatic nitrogens is 2. The number of benzene rings is 1. The number of hydrogen-bond donors (Lipinski definition) is 1. The van der Waals surface area contributed by atoms with Crippen LogP contribution in [0.2, 0.25) is 0 Å². The first-order chi connectivity index (χ1) is 10.2. The summed E-state index contributed by atoms with van der Waals surface area (Å²) in [5, 5.41) is 10.0. The summed E-state index contributed by atoms with van der Waals surface area (Å²) < 4.78 is 5.27. The normalized spacial score (nSPS) is 16.1. The molecule has 1 aromatic heterocycles. The molecule has 3 rings (SSSR count). The first-order valence-corrected chi connectivity index (χ1v) is 6.95. The molecule has 1 saturated heterocycles. The Bertz CT molecular complexity index is 666. The van der Waals surface area contributed by atoms with Crippen LogP contribution < -0.4 is 4.74 Å². The van der Waals surface area contributed by atoms with Gasteiger partial charge in [0.25, 0.3) is 0 Å². The molecule has 0 bridgehead atoms. The molecule has 6 heteroatoms. The molecule has 2 aromatic rings. The lowest BCUT2D eigenvalue weighted by atomic mass is 9.91. The summed E-state index contributed by atoms with van der Waals surface area (Å²) in [6.45, 7) is 1.10. The van der Waals surface area contributed by atoms with Crippen molar-refractivity contribution in [3.05, 3.63) is 30.2 Å². The van der Waals surface area contributed by atoms with E-state index < -0.39 is 6.09 Å². The second kappa shape index (κ2) is 5.55. The second-order valence-corrected chi connectivity index (χ2v) is 5.19. The number of carboxylic acid groups (broad SMARTS) is 1. The fourth-order valence-corrected chi connectivity index (χ4v) is 2.85. The van der Waals surface area contributed by atoms with Crippen LogP contribution in [0.15, 0.2) is 24.5 Å². The molecule has 2 heterocycles. The Hall–Kier alpha value is -2.37. The first-order valence-electron chi connectivity index (χ1n) is 6.95. The zero-order valence-electron chi connectivity index (χ0n) is 11.8. The van der Waals surface area contributed by atoms with Crippen LogP contribution in [0, 0.1) is 0 Å². The van der Waals surface area contributed by atoms with Gasteiger partial charge in [-0.15, -0.1) is 0 Å². The van der Waals surface area contributed by atoms with Gasteiger partial charge in [-0.25, -0.2) is 14.8 Å². The lowest BCUT2D eigenvalue weighted by Crippen LogP contribution is -2.37. The Labute approximate surface area is 122 Å². The maximum Gasteiger partial charge on any atom is 0.407 e. The van der Waals surface area contributed by atoms with E-state index in [2.05, 4.69) is 9.97 Å². The van der Waals surface area contributed by atoms with Gasteiger partial charge in [-0.2, -0.15) is 0 Å². The van der Waals surface area contributed by atoms with Gasteiger partial charge in [-0.05, 0) is 31.0 Å². The van der Waals surface area contributed by atoms with E-state index in [4.69, 9.17) is 9.84 Å². The molecule has 0 atom stereocenters. The summed E-state index contributed by atoms with van der Waals surface area (Å²) in [4.78, 5) is 21.2. The van der Waals surface area contributed by atoms with Crippen LogP contribution in [0.1, 0.15) is 24.5 Å². The van der Waals surface area contributed by atoms with Gasteiger partial charge < -0.3 is 14.7 Å². The van der Waals surface area contributed by atoms with Crippen LogP contribution in [0.3, 0.4) is 0 Å². The predicted octanol–water partition coefficient (Wildman–Crippen LogP) is 2.50. The Morgan fingerprint density at radius 1 is 1.33 bits per heavy atom. The Balaban J connectivity index is 1.92. The van der Waals surface area contributed by atoms with E-state index in [0.29, 0.717) is 13.1 Å². The first kappa shape index (κ1) is 13.6. The fraction of sp³-hybridized carbons (Fsp3) is 0.400.